The Balaban J connectivity index is 1.89. The molecule has 5 nitrogen and oxygen atoms in total. The summed E-state index contributed by atoms with van der Waals surface area (Å²) in [6.45, 7) is 4.19. The Morgan fingerprint density at radius 2 is 1.77 bits per heavy atom. The lowest BCUT2D eigenvalue weighted by Gasteiger charge is -2.27. The third kappa shape index (κ3) is 3.63. The second-order valence-corrected chi connectivity index (χ2v) is 8.73. The Hall–Kier alpha value is -1.89. The fraction of sp³-hybridized carbons (Fsp3) is 0.316. The maximum Gasteiger partial charge on any atom is 0.245 e. The van der Waals surface area contributed by atoms with Crippen LogP contribution in [0.2, 0.25) is 5.02 Å². The molecule has 1 amide bonds. The summed E-state index contributed by atoms with van der Waals surface area (Å²) in [6.07, 6.45) is 0.768. The molecule has 1 aliphatic rings. The summed E-state index contributed by atoms with van der Waals surface area (Å²) in [5, 5.41) is 0.126. The van der Waals surface area contributed by atoms with Gasteiger partial charge in [-0.1, -0.05) is 55.8 Å². The SMILES string of the molecule is CC(C)[C@@H](NS(=O)(=O)c1ccccc1Cl)C(=O)N1CCc2ccccc21. The number of nitrogens with zero attached hydrogens (tertiary/aromatic N) is 1. The fourth-order valence-electron chi connectivity index (χ4n) is 3.10. The van der Waals surface area contributed by atoms with Gasteiger partial charge in [0.25, 0.3) is 0 Å². The number of anilines is 1. The van der Waals surface area contributed by atoms with Crippen LogP contribution in [0.1, 0.15) is 19.4 Å². The first-order valence-corrected chi connectivity index (χ1v) is 10.3. The number of para-hydroxylation sites is 1. The Labute approximate surface area is 159 Å². The summed E-state index contributed by atoms with van der Waals surface area (Å²) in [7, 11) is -3.92. The second kappa shape index (κ2) is 7.39. The normalized spacial score (nSPS) is 15.2. The smallest absolute Gasteiger partial charge is 0.245 e. The Bertz CT molecular complexity index is 928. The molecule has 0 spiro atoms. The number of rotatable bonds is 5. The molecule has 0 saturated heterocycles. The van der Waals surface area contributed by atoms with Gasteiger partial charge in [-0.2, -0.15) is 4.72 Å². The van der Waals surface area contributed by atoms with Crippen molar-refractivity contribution in [3.63, 3.8) is 0 Å². The van der Waals surface area contributed by atoms with Gasteiger partial charge in [-0.3, -0.25) is 4.79 Å². The molecule has 1 heterocycles. The first-order chi connectivity index (χ1) is 12.3. The molecule has 2 aromatic rings. The summed E-state index contributed by atoms with van der Waals surface area (Å²) < 4.78 is 28.1. The van der Waals surface area contributed by atoms with E-state index >= 15 is 0 Å². The predicted molar refractivity (Wildman–Crippen MR) is 103 cm³/mol. The van der Waals surface area contributed by atoms with Crippen LogP contribution in [-0.4, -0.2) is 26.9 Å². The lowest BCUT2D eigenvalue weighted by Crippen LogP contribution is -2.51. The molecule has 2 aromatic carbocycles. The fourth-order valence-corrected chi connectivity index (χ4v) is 4.96. The molecule has 1 N–H and O–H groups in total. The molecule has 1 atom stereocenters. The van der Waals surface area contributed by atoms with E-state index < -0.39 is 16.1 Å². The van der Waals surface area contributed by atoms with Crippen molar-refractivity contribution in [3.8, 4) is 0 Å². The molecule has 0 unspecified atom stereocenters. The zero-order chi connectivity index (χ0) is 18.9. The van der Waals surface area contributed by atoms with Crippen LogP contribution in [0.3, 0.4) is 0 Å². The lowest BCUT2D eigenvalue weighted by atomic mass is 10.0. The van der Waals surface area contributed by atoms with E-state index in [4.69, 9.17) is 11.6 Å². The highest BCUT2D eigenvalue weighted by molar-refractivity contribution is 7.89. The van der Waals surface area contributed by atoms with Crippen LogP contribution >= 0.6 is 11.6 Å². The number of nitrogens with one attached hydrogen (secondary N) is 1. The average Bonchev–Trinajstić information content (AvgIpc) is 3.03. The van der Waals surface area contributed by atoms with Crippen molar-refractivity contribution < 1.29 is 13.2 Å². The minimum absolute atomic E-state index is 0.0260. The van der Waals surface area contributed by atoms with Gasteiger partial charge in [0.05, 0.1) is 5.02 Å². The standard InChI is InChI=1S/C19H21ClN2O3S/c1-13(2)18(21-26(24,25)17-10-6-4-8-15(17)20)19(23)22-12-11-14-7-3-5-9-16(14)22/h3-10,13,18,21H,11-12H2,1-2H3/t18-/m1/s1. The Morgan fingerprint density at radius 3 is 2.46 bits per heavy atom. The van der Waals surface area contributed by atoms with Gasteiger partial charge in [0.2, 0.25) is 15.9 Å². The largest absolute Gasteiger partial charge is 0.310 e. The highest BCUT2D eigenvalue weighted by atomic mass is 35.5. The quantitative estimate of drug-likeness (QED) is 0.849. The number of sulfonamides is 1. The van der Waals surface area contributed by atoms with Crippen molar-refractivity contribution in [3.05, 3.63) is 59.1 Å². The number of halogens is 1. The number of fused-ring (bicyclic) bond motifs is 1. The van der Waals surface area contributed by atoms with Crippen LogP contribution in [0.4, 0.5) is 5.69 Å². The first-order valence-electron chi connectivity index (χ1n) is 8.47. The maximum absolute atomic E-state index is 13.1. The minimum Gasteiger partial charge on any atom is -0.310 e. The van der Waals surface area contributed by atoms with E-state index in [1.165, 1.54) is 12.1 Å². The molecule has 7 heteroatoms. The highest BCUT2D eigenvalue weighted by Crippen LogP contribution is 2.29. The van der Waals surface area contributed by atoms with E-state index in [0.717, 1.165) is 17.7 Å². The van der Waals surface area contributed by atoms with Gasteiger partial charge >= 0.3 is 0 Å². The summed E-state index contributed by atoms with van der Waals surface area (Å²) in [4.78, 5) is 14.7. The van der Waals surface area contributed by atoms with Crippen molar-refractivity contribution >= 4 is 33.2 Å². The molecular weight excluding hydrogens is 372 g/mol. The zero-order valence-corrected chi connectivity index (χ0v) is 16.2. The van der Waals surface area contributed by atoms with E-state index in [-0.39, 0.29) is 21.7 Å². The molecule has 0 saturated carbocycles. The molecule has 26 heavy (non-hydrogen) atoms. The van der Waals surface area contributed by atoms with Gasteiger partial charge in [0.1, 0.15) is 10.9 Å². The van der Waals surface area contributed by atoms with Gasteiger partial charge < -0.3 is 4.90 Å². The van der Waals surface area contributed by atoms with E-state index in [1.54, 1.807) is 17.0 Å². The molecular formula is C19H21ClN2O3S. The van der Waals surface area contributed by atoms with Crippen LogP contribution in [-0.2, 0) is 21.2 Å². The number of carbonyl (C=O) groups excluding carboxylic acids is 1. The van der Waals surface area contributed by atoms with Crippen molar-refractivity contribution in [2.45, 2.75) is 31.2 Å². The zero-order valence-electron chi connectivity index (χ0n) is 14.6. The van der Waals surface area contributed by atoms with Crippen LogP contribution in [0, 0.1) is 5.92 Å². The molecule has 3 rings (SSSR count). The number of benzene rings is 2. The number of hydrogen-bond acceptors (Lipinski definition) is 3. The molecule has 0 bridgehead atoms. The third-order valence-electron chi connectivity index (χ3n) is 4.49. The molecule has 1 aliphatic heterocycles. The summed E-state index contributed by atoms with van der Waals surface area (Å²) in [6, 6.07) is 13.0. The topological polar surface area (TPSA) is 66.5 Å². The molecule has 138 valence electrons. The van der Waals surface area contributed by atoms with Crippen molar-refractivity contribution in [1.29, 1.82) is 0 Å². The summed E-state index contributed by atoms with van der Waals surface area (Å²) in [5.74, 6) is -0.465. The second-order valence-electron chi connectivity index (χ2n) is 6.64. The van der Waals surface area contributed by atoms with Crippen molar-refractivity contribution in [1.82, 2.24) is 4.72 Å². The van der Waals surface area contributed by atoms with Gasteiger partial charge in [0.15, 0.2) is 0 Å². The van der Waals surface area contributed by atoms with E-state index in [9.17, 15) is 13.2 Å². The average molecular weight is 393 g/mol. The predicted octanol–water partition coefficient (Wildman–Crippen LogP) is 3.23. The van der Waals surface area contributed by atoms with Gasteiger partial charge in [-0.05, 0) is 36.1 Å². The van der Waals surface area contributed by atoms with E-state index in [2.05, 4.69) is 4.72 Å². The molecule has 0 aliphatic carbocycles. The van der Waals surface area contributed by atoms with Gasteiger partial charge in [0, 0.05) is 12.2 Å². The van der Waals surface area contributed by atoms with Gasteiger partial charge in [-0.15, -0.1) is 0 Å². The van der Waals surface area contributed by atoms with Crippen LogP contribution in [0.15, 0.2) is 53.4 Å². The molecule has 0 fully saturated rings. The number of hydrogen-bond donors (Lipinski definition) is 1. The van der Waals surface area contributed by atoms with Crippen LogP contribution < -0.4 is 9.62 Å². The minimum atomic E-state index is -3.92. The molecule has 0 radical (unpaired) electrons. The Morgan fingerprint density at radius 1 is 1.12 bits per heavy atom. The number of carbonyl (C=O) groups is 1. The first kappa shape index (κ1) is 18.9. The monoisotopic (exact) mass is 392 g/mol. The number of amides is 1. The van der Waals surface area contributed by atoms with E-state index in [1.807, 2.05) is 38.1 Å². The third-order valence-corrected chi connectivity index (χ3v) is 6.44. The van der Waals surface area contributed by atoms with Crippen molar-refractivity contribution in [2.75, 3.05) is 11.4 Å². The van der Waals surface area contributed by atoms with Crippen LogP contribution in [0.25, 0.3) is 0 Å². The van der Waals surface area contributed by atoms with Crippen LogP contribution in [0.5, 0.6) is 0 Å². The van der Waals surface area contributed by atoms with E-state index in [0.29, 0.717) is 6.54 Å². The Kier molecular flexibility index (Phi) is 5.37. The highest BCUT2D eigenvalue weighted by Gasteiger charge is 2.35. The molecule has 0 aromatic heterocycles. The summed E-state index contributed by atoms with van der Waals surface area (Å²) >= 11 is 6.03. The maximum atomic E-state index is 13.1. The summed E-state index contributed by atoms with van der Waals surface area (Å²) in [5.41, 5.74) is 1.94. The van der Waals surface area contributed by atoms with Gasteiger partial charge in [-0.25, -0.2) is 8.42 Å². The van der Waals surface area contributed by atoms with Crippen molar-refractivity contribution in [2.24, 2.45) is 5.92 Å². The lowest BCUT2D eigenvalue weighted by molar-refractivity contribution is -0.121.